The van der Waals surface area contributed by atoms with Crippen LogP contribution in [-0.2, 0) is 4.74 Å². The summed E-state index contributed by atoms with van der Waals surface area (Å²) >= 11 is 17.2. The fourth-order valence-corrected chi connectivity index (χ4v) is 1.87. The van der Waals surface area contributed by atoms with Crippen molar-refractivity contribution in [3.8, 4) is 0 Å². The van der Waals surface area contributed by atoms with E-state index in [0.29, 0.717) is 0 Å². The van der Waals surface area contributed by atoms with E-state index in [-0.39, 0.29) is 27.2 Å². The van der Waals surface area contributed by atoms with E-state index >= 15 is 0 Å². The Hall–Kier alpha value is -1.04. The Morgan fingerprint density at radius 1 is 1.41 bits per heavy atom. The van der Waals surface area contributed by atoms with E-state index in [0.717, 1.165) is 6.07 Å². The zero-order chi connectivity index (χ0) is 13.2. The Labute approximate surface area is 111 Å². The first-order valence-electron chi connectivity index (χ1n) is 4.39. The van der Waals surface area contributed by atoms with Crippen molar-refractivity contribution in [2.75, 3.05) is 6.61 Å². The first-order chi connectivity index (χ1) is 7.90. The Bertz CT molecular complexity index is 490. The van der Waals surface area contributed by atoms with Crippen molar-refractivity contribution in [2.24, 2.45) is 0 Å². The van der Waals surface area contributed by atoms with E-state index in [1.165, 1.54) is 0 Å². The monoisotopic (exact) mass is 297 g/mol. The van der Waals surface area contributed by atoms with Gasteiger partial charge in [0.15, 0.2) is 0 Å². The minimum Gasteiger partial charge on any atom is -0.462 e. The number of hydrogen-bond acceptors (Lipinski definition) is 4. The smallest absolute Gasteiger partial charge is 0.341 e. The third kappa shape index (κ3) is 2.80. The number of ether oxygens (including phenoxy) is 1. The van der Waals surface area contributed by atoms with Gasteiger partial charge in [0, 0.05) is 6.07 Å². The summed E-state index contributed by atoms with van der Waals surface area (Å²) in [7, 11) is 0. The first kappa shape index (κ1) is 14.0. The third-order valence-corrected chi connectivity index (χ3v) is 2.98. The molecule has 0 aliphatic heterocycles. The molecule has 0 radical (unpaired) electrons. The van der Waals surface area contributed by atoms with Crippen molar-refractivity contribution in [3.05, 3.63) is 36.8 Å². The van der Waals surface area contributed by atoms with Crippen LogP contribution in [0.5, 0.6) is 0 Å². The van der Waals surface area contributed by atoms with E-state index in [9.17, 15) is 14.9 Å². The predicted octanol–water partition coefficient (Wildman–Crippen LogP) is 3.73. The van der Waals surface area contributed by atoms with Crippen LogP contribution in [0.1, 0.15) is 17.3 Å². The van der Waals surface area contributed by atoms with Crippen molar-refractivity contribution >= 4 is 46.5 Å². The lowest BCUT2D eigenvalue weighted by molar-refractivity contribution is -0.384. The maximum absolute atomic E-state index is 11.5. The second-order valence-corrected chi connectivity index (χ2v) is 4.02. The molecule has 8 heteroatoms. The van der Waals surface area contributed by atoms with Gasteiger partial charge in [-0.25, -0.2) is 4.79 Å². The fraction of sp³-hybridized carbons (Fsp3) is 0.222. The zero-order valence-electron chi connectivity index (χ0n) is 8.50. The summed E-state index contributed by atoms with van der Waals surface area (Å²) in [6, 6.07) is 0.981. The summed E-state index contributed by atoms with van der Waals surface area (Å²) in [6.07, 6.45) is 0. The van der Waals surface area contributed by atoms with Gasteiger partial charge >= 0.3 is 5.97 Å². The molecule has 0 aliphatic rings. The van der Waals surface area contributed by atoms with Crippen LogP contribution < -0.4 is 0 Å². The normalized spacial score (nSPS) is 10.1. The summed E-state index contributed by atoms with van der Waals surface area (Å²) in [4.78, 5) is 21.5. The number of nitro benzene ring substituents is 1. The van der Waals surface area contributed by atoms with E-state index in [1.807, 2.05) is 0 Å². The highest BCUT2D eigenvalue weighted by Gasteiger charge is 2.27. The number of esters is 1. The highest BCUT2D eigenvalue weighted by Crippen LogP contribution is 2.38. The van der Waals surface area contributed by atoms with Gasteiger partial charge in [0.25, 0.3) is 5.69 Å². The molecule has 0 unspecified atom stereocenters. The lowest BCUT2D eigenvalue weighted by atomic mass is 10.2. The quantitative estimate of drug-likeness (QED) is 0.369. The molecule has 0 amide bonds. The summed E-state index contributed by atoms with van der Waals surface area (Å²) in [6.45, 7) is 1.67. The predicted molar refractivity (Wildman–Crippen MR) is 64.1 cm³/mol. The number of nitrogens with zero attached hydrogens (tertiary/aromatic N) is 1. The molecule has 0 fully saturated rings. The van der Waals surface area contributed by atoms with Crippen LogP contribution in [0.25, 0.3) is 0 Å². The molecule has 0 aromatic heterocycles. The molecule has 0 atom stereocenters. The van der Waals surface area contributed by atoms with Gasteiger partial charge in [-0.2, -0.15) is 0 Å². The number of hydrogen-bond donors (Lipinski definition) is 0. The maximum atomic E-state index is 11.5. The average molecular weight is 299 g/mol. The van der Waals surface area contributed by atoms with Gasteiger partial charge in [-0.1, -0.05) is 34.8 Å². The molecule has 1 rings (SSSR count). The molecule has 5 nitrogen and oxygen atoms in total. The van der Waals surface area contributed by atoms with Crippen LogP contribution in [0.4, 0.5) is 5.69 Å². The van der Waals surface area contributed by atoms with E-state index in [1.54, 1.807) is 6.92 Å². The molecule has 17 heavy (non-hydrogen) atoms. The lowest BCUT2D eigenvalue weighted by Crippen LogP contribution is -2.08. The van der Waals surface area contributed by atoms with Crippen LogP contribution in [0.3, 0.4) is 0 Å². The maximum Gasteiger partial charge on any atom is 0.341 e. The van der Waals surface area contributed by atoms with Crippen molar-refractivity contribution in [1.82, 2.24) is 0 Å². The van der Waals surface area contributed by atoms with Gasteiger partial charge in [-0.05, 0) is 6.92 Å². The van der Waals surface area contributed by atoms with Crippen molar-refractivity contribution < 1.29 is 14.5 Å². The molecule has 1 aromatic carbocycles. The van der Waals surface area contributed by atoms with Crippen LogP contribution >= 0.6 is 34.8 Å². The Morgan fingerprint density at radius 2 is 2.00 bits per heavy atom. The average Bonchev–Trinajstić information content (AvgIpc) is 2.23. The first-order valence-corrected chi connectivity index (χ1v) is 5.52. The highest BCUT2D eigenvalue weighted by molar-refractivity contribution is 6.46. The number of carbonyl (C=O) groups excluding carboxylic acids is 1. The molecule has 92 valence electrons. The summed E-state index contributed by atoms with van der Waals surface area (Å²) in [5.41, 5.74) is -0.793. The Balaban J connectivity index is 3.47. The minimum absolute atomic E-state index is 0.0891. The molecular formula is C9H6Cl3NO4. The topological polar surface area (TPSA) is 69.4 Å². The van der Waals surface area contributed by atoms with Crippen molar-refractivity contribution in [1.29, 1.82) is 0 Å². The SMILES string of the molecule is CCOC(=O)c1c(Cl)c(Cl)cc([N+](=O)[O-])c1Cl. The number of halogens is 3. The minimum atomic E-state index is -0.854. The summed E-state index contributed by atoms with van der Waals surface area (Å²) in [5, 5.41) is 10.00. The fourth-order valence-electron chi connectivity index (χ4n) is 1.11. The molecule has 0 aliphatic carbocycles. The molecule has 1 aromatic rings. The number of rotatable bonds is 3. The van der Waals surface area contributed by atoms with Gasteiger partial charge in [0.1, 0.15) is 10.6 Å². The van der Waals surface area contributed by atoms with E-state index < -0.39 is 16.6 Å². The highest BCUT2D eigenvalue weighted by atomic mass is 35.5. The van der Waals surface area contributed by atoms with Gasteiger partial charge in [-0.15, -0.1) is 0 Å². The number of benzene rings is 1. The second kappa shape index (κ2) is 5.53. The number of nitro groups is 1. The van der Waals surface area contributed by atoms with E-state index in [2.05, 4.69) is 0 Å². The zero-order valence-corrected chi connectivity index (χ0v) is 10.8. The van der Waals surface area contributed by atoms with Crippen molar-refractivity contribution in [3.63, 3.8) is 0 Å². The Morgan fingerprint density at radius 3 is 2.47 bits per heavy atom. The summed E-state index contributed by atoms with van der Waals surface area (Å²) in [5.74, 6) is -0.854. The van der Waals surface area contributed by atoms with Crippen molar-refractivity contribution in [2.45, 2.75) is 6.92 Å². The molecule has 0 spiro atoms. The largest absolute Gasteiger partial charge is 0.462 e. The van der Waals surface area contributed by atoms with Gasteiger partial charge in [0.2, 0.25) is 0 Å². The van der Waals surface area contributed by atoms with Gasteiger partial charge in [0.05, 0.1) is 21.6 Å². The molecule has 0 saturated heterocycles. The number of carbonyl (C=O) groups is 1. The summed E-state index contributed by atoms with van der Waals surface area (Å²) < 4.78 is 4.69. The van der Waals surface area contributed by atoms with Crippen LogP contribution in [-0.4, -0.2) is 17.5 Å². The van der Waals surface area contributed by atoms with Crippen LogP contribution in [0.2, 0.25) is 15.1 Å². The van der Waals surface area contributed by atoms with Gasteiger partial charge in [-0.3, -0.25) is 10.1 Å². The molecule has 0 bridgehead atoms. The Kier molecular flexibility index (Phi) is 4.56. The van der Waals surface area contributed by atoms with Gasteiger partial charge < -0.3 is 4.74 Å². The molecule has 0 N–H and O–H groups in total. The standard InChI is InChI=1S/C9H6Cl3NO4/c1-2-17-9(14)6-7(11)4(10)3-5(8(6)12)13(15)16/h3H,2H2,1H3. The molecule has 0 saturated carbocycles. The van der Waals surface area contributed by atoms with Crippen LogP contribution in [0, 0.1) is 10.1 Å². The van der Waals surface area contributed by atoms with Crippen LogP contribution in [0.15, 0.2) is 6.07 Å². The second-order valence-electron chi connectivity index (χ2n) is 2.86. The molecular weight excluding hydrogens is 292 g/mol. The third-order valence-electron chi connectivity index (χ3n) is 1.81. The van der Waals surface area contributed by atoms with E-state index in [4.69, 9.17) is 39.5 Å². The lowest BCUT2D eigenvalue weighted by Gasteiger charge is -2.08. The molecule has 0 heterocycles.